The van der Waals surface area contributed by atoms with Crippen LogP contribution in [0.15, 0.2) is 36.5 Å². The number of nitrogens with zero attached hydrogens (tertiary/aromatic N) is 3. The second kappa shape index (κ2) is 5.18. The Morgan fingerprint density at radius 2 is 1.95 bits per heavy atom. The molecular weight excluding hydrogens is 258 g/mol. The van der Waals surface area contributed by atoms with Gasteiger partial charge in [0.25, 0.3) is 0 Å². The van der Waals surface area contributed by atoms with E-state index in [4.69, 9.17) is 4.84 Å². The summed E-state index contributed by atoms with van der Waals surface area (Å²) < 4.78 is 0. The Bertz CT molecular complexity index is 658. The van der Waals surface area contributed by atoms with E-state index in [1.807, 2.05) is 6.07 Å². The van der Waals surface area contributed by atoms with E-state index < -0.39 is 5.97 Å². The molecule has 1 aliphatic rings. The van der Waals surface area contributed by atoms with Gasteiger partial charge in [0.1, 0.15) is 5.69 Å². The minimum Gasteiger partial charge on any atom is -0.363 e. The third-order valence-electron chi connectivity index (χ3n) is 2.94. The molecule has 20 heavy (non-hydrogen) atoms. The van der Waals surface area contributed by atoms with Crippen molar-refractivity contribution in [1.82, 2.24) is 15.0 Å². The zero-order valence-corrected chi connectivity index (χ0v) is 10.5. The first-order chi connectivity index (χ1) is 9.76. The van der Waals surface area contributed by atoms with Gasteiger partial charge in [-0.2, -0.15) is 0 Å². The van der Waals surface area contributed by atoms with Gasteiger partial charge in [-0.25, -0.2) is 9.78 Å². The molecule has 0 aliphatic carbocycles. The largest absolute Gasteiger partial charge is 0.363 e. The van der Waals surface area contributed by atoms with Gasteiger partial charge >= 0.3 is 5.97 Å². The number of benzene rings is 1. The summed E-state index contributed by atoms with van der Waals surface area (Å²) >= 11 is 0. The number of carbonyl (C=O) groups is 2. The minimum absolute atomic E-state index is 0.278. The third-order valence-corrected chi connectivity index (χ3v) is 2.94. The summed E-state index contributed by atoms with van der Waals surface area (Å²) in [6, 6.07) is 8.75. The Morgan fingerprint density at radius 3 is 2.70 bits per heavy atom. The number of rotatable bonds is 3. The van der Waals surface area contributed by atoms with Crippen molar-refractivity contribution in [3.63, 3.8) is 0 Å². The number of fused-ring (bicyclic) bond motifs is 1. The second-order valence-corrected chi connectivity index (χ2v) is 4.35. The molecule has 0 saturated carbocycles. The summed E-state index contributed by atoms with van der Waals surface area (Å²) in [7, 11) is 0. The Balaban J connectivity index is 1.70. The topological polar surface area (TPSA) is 72.4 Å². The van der Waals surface area contributed by atoms with Gasteiger partial charge in [-0.3, -0.25) is 9.78 Å². The molecule has 0 amide bonds. The molecule has 0 spiro atoms. The summed E-state index contributed by atoms with van der Waals surface area (Å²) in [5.74, 6) is -0.422. The van der Waals surface area contributed by atoms with E-state index in [0.29, 0.717) is 30.6 Å². The van der Waals surface area contributed by atoms with E-state index in [9.17, 15) is 9.59 Å². The predicted octanol–water partition coefficient (Wildman–Crippen LogP) is 1.38. The molecule has 2 heterocycles. The van der Waals surface area contributed by atoms with Crippen molar-refractivity contribution in [2.45, 2.75) is 13.1 Å². The van der Waals surface area contributed by atoms with Gasteiger partial charge < -0.3 is 4.84 Å². The fourth-order valence-corrected chi connectivity index (χ4v) is 1.98. The molecule has 0 radical (unpaired) electrons. The molecule has 6 heteroatoms. The lowest BCUT2D eigenvalue weighted by atomic mass is 10.2. The SMILES string of the molecule is O=Cc1cnc2c(n1)CN(OC(=O)c1ccccc1)C2. The van der Waals surface area contributed by atoms with Gasteiger partial charge in [0.2, 0.25) is 0 Å². The summed E-state index contributed by atoms with van der Waals surface area (Å²) in [5, 5.41) is 1.48. The van der Waals surface area contributed by atoms with Crippen molar-refractivity contribution in [2.75, 3.05) is 0 Å². The van der Waals surface area contributed by atoms with Crippen LogP contribution < -0.4 is 0 Å². The van der Waals surface area contributed by atoms with Crippen molar-refractivity contribution >= 4 is 12.3 Å². The smallest absolute Gasteiger partial charge is 0.357 e. The summed E-state index contributed by atoms with van der Waals surface area (Å²) in [4.78, 5) is 36.1. The van der Waals surface area contributed by atoms with Crippen molar-refractivity contribution in [3.05, 3.63) is 59.2 Å². The molecule has 1 aromatic heterocycles. The molecule has 0 bridgehead atoms. The molecule has 0 saturated heterocycles. The molecule has 0 N–H and O–H groups in total. The molecule has 0 atom stereocenters. The molecular formula is C14H11N3O3. The number of aromatic nitrogens is 2. The number of hydrogen-bond donors (Lipinski definition) is 0. The van der Waals surface area contributed by atoms with Crippen LogP contribution in [0.5, 0.6) is 0 Å². The van der Waals surface area contributed by atoms with Crippen molar-refractivity contribution in [3.8, 4) is 0 Å². The number of hydrogen-bond acceptors (Lipinski definition) is 6. The van der Waals surface area contributed by atoms with Crippen molar-refractivity contribution < 1.29 is 14.4 Å². The highest BCUT2D eigenvalue weighted by molar-refractivity contribution is 5.89. The summed E-state index contributed by atoms with van der Waals surface area (Å²) in [6.45, 7) is 0.711. The van der Waals surface area contributed by atoms with E-state index in [1.165, 1.54) is 11.3 Å². The summed E-state index contributed by atoms with van der Waals surface area (Å²) in [6.07, 6.45) is 2.06. The number of aldehydes is 1. The fraction of sp³-hybridized carbons (Fsp3) is 0.143. The van der Waals surface area contributed by atoms with Crippen LogP contribution in [0, 0.1) is 0 Å². The second-order valence-electron chi connectivity index (χ2n) is 4.35. The maximum Gasteiger partial charge on any atom is 0.357 e. The monoisotopic (exact) mass is 269 g/mol. The molecule has 1 aromatic carbocycles. The predicted molar refractivity (Wildman–Crippen MR) is 68.5 cm³/mol. The normalized spacial score (nSPS) is 13.8. The van der Waals surface area contributed by atoms with Gasteiger partial charge in [0, 0.05) is 0 Å². The molecule has 0 fully saturated rings. The van der Waals surface area contributed by atoms with E-state index in [0.717, 1.165) is 5.69 Å². The first-order valence-electron chi connectivity index (χ1n) is 6.08. The van der Waals surface area contributed by atoms with Crippen LogP contribution >= 0.6 is 0 Å². The van der Waals surface area contributed by atoms with Gasteiger partial charge in [-0.1, -0.05) is 18.2 Å². The molecule has 0 unspecified atom stereocenters. The van der Waals surface area contributed by atoms with Crippen molar-refractivity contribution in [1.29, 1.82) is 0 Å². The average molecular weight is 269 g/mol. The van der Waals surface area contributed by atoms with E-state index in [2.05, 4.69) is 9.97 Å². The zero-order valence-electron chi connectivity index (χ0n) is 10.5. The van der Waals surface area contributed by atoms with Crippen LogP contribution in [0.4, 0.5) is 0 Å². The average Bonchev–Trinajstić information content (AvgIpc) is 2.89. The van der Waals surface area contributed by atoms with E-state index >= 15 is 0 Å². The van der Waals surface area contributed by atoms with Crippen LogP contribution in [-0.4, -0.2) is 27.3 Å². The molecule has 2 aromatic rings. The highest BCUT2D eigenvalue weighted by atomic mass is 16.7. The molecule has 1 aliphatic heterocycles. The molecule has 3 rings (SSSR count). The maximum absolute atomic E-state index is 11.9. The third kappa shape index (κ3) is 2.41. The Morgan fingerprint density at radius 1 is 1.20 bits per heavy atom. The Hall–Kier alpha value is -2.60. The van der Waals surface area contributed by atoms with Crippen LogP contribution in [0.1, 0.15) is 32.2 Å². The Labute approximate surface area is 115 Å². The lowest BCUT2D eigenvalue weighted by Crippen LogP contribution is -2.22. The van der Waals surface area contributed by atoms with E-state index in [1.54, 1.807) is 24.3 Å². The lowest BCUT2D eigenvalue weighted by Gasteiger charge is -2.13. The maximum atomic E-state index is 11.9. The first kappa shape index (κ1) is 12.4. The lowest BCUT2D eigenvalue weighted by molar-refractivity contribution is -0.115. The Kier molecular flexibility index (Phi) is 3.22. The molecule has 100 valence electrons. The van der Waals surface area contributed by atoms with Crippen LogP contribution in [-0.2, 0) is 17.9 Å². The van der Waals surface area contributed by atoms with Gasteiger partial charge in [0.15, 0.2) is 6.29 Å². The number of carbonyl (C=O) groups excluding carboxylic acids is 2. The highest BCUT2D eigenvalue weighted by Crippen LogP contribution is 2.19. The fourth-order valence-electron chi connectivity index (χ4n) is 1.98. The van der Waals surface area contributed by atoms with Gasteiger partial charge in [0.05, 0.1) is 36.2 Å². The van der Waals surface area contributed by atoms with E-state index in [-0.39, 0.29) is 5.69 Å². The molecule has 6 nitrogen and oxygen atoms in total. The standard InChI is InChI=1S/C14H11N3O3/c18-9-11-6-15-12-7-17(8-13(12)16-11)20-14(19)10-4-2-1-3-5-10/h1-6,9H,7-8H2. The van der Waals surface area contributed by atoms with Crippen LogP contribution in [0.3, 0.4) is 0 Å². The minimum atomic E-state index is -0.422. The van der Waals surface area contributed by atoms with Gasteiger partial charge in [-0.15, -0.1) is 5.06 Å². The number of hydroxylamine groups is 2. The quantitative estimate of drug-likeness (QED) is 0.784. The van der Waals surface area contributed by atoms with Crippen LogP contribution in [0.2, 0.25) is 0 Å². The van der Waals surface area contributed by atoms with Gasteiger partial charge in [-0.05, 0) is 12.1 Å². The first-order valence-corrected chi connectivity index (χ1v) is 6.08. The zero-order chi connectivity index (χ0) is 13.9. The highest BCUT2D eigenvalue weighted by Gasteiger charge is 2.25. The summed E-state index contributed by atoms with van der Waals surface area (Å²) in [5.41, 5.74) is 2.14. The van der Waals surface area contributed by atoms with Crippen LogP contribution in [0.25, 0.3) is 0 Å². The van der Waals surface area contributed by atoms with Crippen molar-refractivity contribution in [2.24, 2.45) is 0 Å².